The first-order valence-corrected chi connectivity index (χ1v) is 16.3. The van der Waals surface area contributed by atoms with Crippen LogP contribution in [0, 0.1) is 0 Å². The van der Waals surface area contributed by atoms with Crippen LogP contribution in [0.25, 0.3) is 0 Å². The van der Waals surface area contributed by atoms with E-state index in [1.807, 2.05) is 0 Å². The van der Waals surface area contributed by atoms with Gasteiger partial charge in [-0.25, -0.2) is 14.4 Å². The number of esters is 2. The number of carbonyl (C=O) groups excluding carboxylic acids is 4. The van der Waals surface area contributed by atoms with Crippen LogP contribution < -0.4 is 10.6 Å². The van der Waals surface area contributed by atoms with Crippen molar-refractivity contribution >= 4 is 37.7 Å². The summed E-state index contributed by atoms with van der Waals surface area (Å²) >= 11 is 0. The van der Waals surface area contributed by atoms with Crippen LogP contribution in [0.15, 0.2) is 36.0 Å². The van der Waals surface area contributed by atoms with Gasteiger partial charge in [0.2, 0.25) is 0 Å². The van der Waals surface area contributed by atoms with Gasteiger partial charge in [0.1, 0.15) is 17.2 Å². The zero-order valence-electron chi connectivity index (χ0n) is 24.1. The van der Waals surface area contributed by atoms with E-state index in [4.69, 9.17) is 14.2 Å². The fraction of sp³-hybridized carbons (Fsp3) is 0.556. The molecule has 0 unspecified atom stereocenters. The predicted molar refractivity (Wildman–Crippen MR) is 149 cm³/mol. The van der Waals surface area contributed by atoms with E-state index in [-0.39, 0.29) is 25.2 Å². The molecular formula is C27H43N3O7Si. The van der Waals surface area contributed by atoms with Gasteiger partial charge in [0, 0.05) is 40.5 Å². The number of hydrogen-bond acceptors (Lipinski definition) is 8. The van der Waals surface area contributed by atoms with Crippen molar-refractivity contribution in [3.8, 4) is 0 Å². The molecule has 0 radical (unpaired) electrons. The molecule has 0 bridgehead atoms. The third kappa shape index (κ3) is 13.3. The summed E-state index contributed by atoms with van der Waals surface area (Å²) in [6.07, 6.45) is 0.837. The van der Waals surface area contributed by atoms with Crippen LogP contribution in [0.3, 0.4) is 0 Å². The second-order valence-corrected chi connectivity index (χ2v) is 16.9. The lowest BCUT2D eigenvalue weighted by Crippen LogP contribution is -2.45. The second kappa shape index (κ2) is 14.6. The summed E-state index contributed by atoms with van der Waals surface area (Å²) in [6.45, 7) is 13.9. The number of hydrogen-bond donors (Lipinski definition) is 2. The Kier molecular flexibility index (Phi) is 12.5. The molecule has 0 saturated heterocycles. The van der Waals surface area contributed by atoms with E-state index in [0.29, 0.717) is 5.69 Å². The van der Waals surface area contributed by atoms with Gasteiger partial charge in [-0.15, -0.1) is 0 Å². The summed E-state index contributed by atoms with van der Waals surface area (Å²) in [5.74, 6) is -1.88. The molecule has 0 fully saturated rings. The molecule has 0 aromatic heterocycles. The van der Waals surface area contributed by atoms with Crippen molar-refractivity contribution in [2.24, 2.45) is 0 Å². The van der Waals surface area contributed by atoms with Crippen molar-refractivity contribution in [2.75, 3.05) is 32.6 Å². The summed E-state index contributed by atoms with van der Waals surface area (Å²) < 4.78 is 15.8. The maximum absolute atomic E-state index is 12.8. The average molecular weight is 550 g/mol. The first-order valence-electron chi connectivity index (χ1n) is 12.6. The van der Waals surface area contributed by atoms with Crippen LogP contribution in [-0.2, 0) is 35.0 Å². The molecule has 1 rings (SSSR count). The van der Waals surface area contributed by atoms with Crippen molar-refractivity contribution in [3.05, 3.63) is 41.6 Å². The van der Waals surface area contributed by atoms with E-state index < -0.39 is 43.7 Å². The van der Waals surface area contributed by atoms with Crippen molar-refractivity contribution in [1.82, 2.24) is 10.2 Å². The van der Waals surface area contributed by atoms with Crippen LogP contribution in [0.1, 0.15) is 33.3 Å². The molecule has 38 heavy (non-hydrogen) atoms. The fourth-order valence-corrected chi connectivity index (χ4v) is 3.75. The first kappa shape index (κ1) is 32.7. The standard InChI is InChI=1S/C27H43N3O7Si/c1-10-35-24(32)21(18-30(5)6)23(31)28-20-13-11-19(12-14-20)17-22(29-26(34)37-27(2,3)4)25(33)36-15-16-38(7,8)9/h11-14,18,22H,10,15-17H2,1-9H3,(H,28,31)(H,29,34)/b21-18+/t22-/m0/s1. The van der Waals surface area contributed by atoms with Crippen molar-refractivity contribution in [3.63, 3.8) is 0 Å². The summed E-state index contributed by atoms with van der Waals surface area (Å²) in [7, 11) is 1.98. The van der Waals surface area contributed by atoms with E-state index in [9.17, 15) is 19.2 Å². The van der Waals surface area contributed by atoms with Gasteiger partial charge in [-0.05, 0) is 51.4 Å². The van der Waals surface area contributed by atoms with E-state index in [0.717, 1.165) is 11.6 Å². The molecule has 2 amide bonds. The van der Waals surface area contributed by atoms with E-state index in [2.05, 4.69) is 30.3 Å². The number of benzene rings is 1. The Morgan fingerprint density at radius 1 is 1.03 bits per heavy atom. The van der Waals surface area contributed by atoms with Crippen LogP contribution >= 0.6 is 0 Å². The molecule has 2 N–H and O–H groups in total. The Morgan fingerprint density at radius 2 is 1.63 bits per heavy atom. The van der Waals surface area contributed by atoms with Crippen molar-refractivity contribution in [2.45, 2.75) is 71.4 Å². The van der Waals surface area contributed by atoms with Crippen LogP contribution in [0.4, 0.5) is 10.5 Å². The molecule has 0 saturated carbocycles. The number of ether oxygens (including phenoxy) is 3. The maximum atomic E-state index is 12.8. The Balaban J connectivity index is 2.99. The molecule has 0 aliphatic rings. The molecule has 1 atom stereocenters. The monoisotopic (exact) mass is 549 g/mol. The minimum absolute atomic E-state index is 0.136. The van der Waals surface area contributed by atoms with Gasteiger partial charge < -0.3 is 29.7 Å². The number of amides is 2. The lowest BCUT2D eigenvalue weighted by Gasteiger charge is -2.23. The molecule has 11 heteroatoms. The average Bonchev–Trinajstić information content (AvgIpc) is 2.76. The minimum Gasteiger partial charge on any atom is -0.464 e. The Hall–Kier alpha value is -3.34. The van der Waals surface area contributed by atoms with Gasteiger partial charge in [-0.3, -0.25) is 4.79 Å². The van der Waals surface area contributed by atoms with Crippen LogP contribution in [0.2, 0.25) is 25.7 Å². The second-order valence-electron chi connectivity index (χ2n) is 11.3. The lowest BCUT2D eigenvalue weighted by atomic mass is 10.1. The van der Waals surface area contributed by atoms with Crippen molar-refractivity contribution < 1.29 is 33.4 Å². The highest BCUT2D eigenvalue weighted by Gasteiger charge is 2.27. The predicted octanol–water partition coefficient (Wildman–Crippen LogP) is 3.95. The SMILES string of the molecule is CCOC(=O)/C(=C/N(C)C)C(=O)Nc1ccc(C[C@H](NC(=O)OC(C)(C)C)C(=O)OCC[Si](C)(C)C)cc1. The third-order valence-corrected chi connectivity index (χ3v) is 6.55. The van der Waals surface area contributed by atoms with Crippen LogP contribution in [0.5, 0.6) is 0 Å². The number of anilines is 1. The molecule has 0 aliphatic heterocycles. The highest BCUT2D eigenvalue weighted by Crippen LogP contribution is 2.15. The summed E-state index contributed by atoms with van der Waals surface area (Å²) in [5, 5.41) is 5.29. The van der Waals surface area contributed by atoms with Gasteiger partial charge in [0.15, 0.2) is 0 Å². The molecule has 0 aliphatic carbocycles. The smallest absolute Gasteiger partial charge is 0.408 e. The van der Waals surface area contributed by atoms with Gasteiger partial charge in [0.05, 0.1) is 13.2 Å². The summed E-state index contributed by atoms with van der Waals surface area (Å²) in [5.41, 5.74) is 0.311. The fourth-order valence-electron chi connectivity index (χ4n) is 3.03. The third-order valence-electron chi connectivity index (χ3n) is 4.85. The summed E-state index contributed by atoms with van der Waals surface area (Å²) in [6, 6.07) is 6.58. The molecule has 0 spiro atoms. The molecule has 0 heterocycles. The quantitative estimate of drug-likeness (QED) is 0.100. The Morgan fingerprint density at radius 3 is 2.13 bits per heavy atom. The largest absolute Gasteiger partial charge is 0.464 e. The van der Waals surface area contributed by atoms with Gasteiger partial charge in [0.25, 0.3) is 5.91 Å². The topological polar surface area (TPSA) is 123 Å². The first-order chi connectivity index (χ1) is 17.5. The number of nitrogens with one attached hydrogen (secondary N) is 2. The highest BCUT2D eigenvalue weighted by molar-refractivity contribution is 6.76. The highest BCUT2D eigenvalue weighted by atomic mass is 28.3. The van der Waals surface area contributed by atoms with E-state index in [1.165, 1.54) is 6.20 Å². The zero-order valence-corrected chi connectivity index (χ0v) is 25.1. The van der Waals surface area contributed by atoms with Crippen molar-refractivity contribution in [1.29, 1.82) is 0 Å². The number of carbonyl (C=O) groups is 4. The Bertz CT molecular complexity index is 993. The van der Waals surface area contributed by atoms with E-state index >= 15 is 0 Å². The molecular weight excluding hydrogens is 506 g/mol. The normalized spacial score (nSPS) is 12.7. The van der Waals surface area contributed by atoms with E-state index in [1.54, 1.807) is 71.0 Å². The number of alkyl carbamates (subject to hydrolysis) is 1. The molecule has 1 aromatic rings. The van der Waals surface area contributed by atoms with Gasteiger partial charge in [-0.1, -0.05) is 31.8 Å². The maximum Gasteiger partial charge on any atom is 0.408 e. The van der Waals surface area contributed by atoms with Crippen LogP contribution in [-0.4, -0.2) is 75.9 Å². The number of nitrogens with zero attached hydrogens (tertiary/aromatic N) is 1. The molecule has 10 nitrogen and oxygen atoms in total. The Labute approximate surface area is 227 Å². The molecule has 1 aromatic carbocycles. The lowest BCUT2D eigenvalue weighted by molar-refractivity contribution is -0.145. The minimum atomic E-state index is -1.41. The van der Waals surface area contributed by atoms with Gasteiger partial charge in [-0.2, -0.15) is 0 Å². The zero-order chi connectivity index (χ0) is 29.1. The molecule has 212 valence electrons. The summed E-state index contributed by atoms with van der Waals surface area (Å²) in [4.78, 5) is 51.7. The van der Waals surface area contributed by atoms with Gasteiger partial charge >= 0.3 is 18.0 Å². The number of rotatable bonds is 12.